The SMILES string of the molecule is CCCCCCCN(C(=O)C(CCSC)NC(=O)OC(C)(C)C)C(C(=O)NC(C)C)c1ccccc1O. The number of benzene rings is 1. The number of hydrogen-bond acceptors (Lipinski definition) is 6. The molecule has 0 aliphatic heterocycles. The molecule has 3 N–H and O–H groups in total. The Morgan fingerprint density at radius 3 is 2.27 bits per heavy atom. The smallest absolute Gasteiger partial charge is 0.408 e. The highest BCUT2D eigenvalue weighted by Crippen LogP contribution is 2.30. The zero-order valence-electron chi connectivity index (χ0n) is 23.6. The molecule has 0 bridgehead atoms. The number of para-hydroxylation sites is 1. The first-order valence-electron chi connectivity index (χ1n) is 13.3. The Morgan fingerprint density at radius 2 is 1.70 bits per heavy atom. The van der Waals surface area contributed by atoms with Crippen molar-refractivity contribution in [2.24, 2.45) is 0 Å². The molecule has 0 aromatic heterocycles. The van der Waals surface area contributed by atoms with E-state index in [9.17, 15) is 19.5 Å². The summed E-state index contributed by atoms with van der Waals surface area (Å²) in [4.78, 5) is 41.7. The van der Waals surface area contributed by atoms with Gasteiger partial charge >= 0.3 is 6.09 Å². The van der Waals surface area contributed by atoms with E-state index in [-0.39, 0.29) is 23.6 Å². The van der Waals surface area contributed by atoms with Gasteiger partial charge in [0.25, 0.3) is 0 Å². The Balaban J connectivity index is 3.43. The fourth-order valence-corrected chi connectivity index (χ4v) is 4.40. The van der Waals surface area contributed by atoms with Gasteiger partial charge in [0.1, 0.15) is 23.4 Å². The van der Waals surface area contributed by atoms with Gasteiger partial charge in [-0.1, -0.05) is 50.8 Å². The molecule has 3 amide bonds. The average molecular weight is 538 g/mol. The highest BCUT2D eigenvalue weighted by atomic mass is 32.2. The number of rotatable bonds is 15. The van der Waals surface area contributed by atoms with Crippen LogP contribution in [0.1, 0.15) is 91.7 Å². The predicted octanol–water partition coefficient (Wildman–Crippen LogP) is 5.40. The van der Waals surface area contributed by atoms with E-state index in [1.54, 1.807) is 50.7 Å². The molecular formula is C28H47N3O5S. The number of amides is 3. The lowest BCUT2D eigenvalue weighted by atomic mass is 10.00. The molecule has 210 valence electrons. The molecule has 0 saturated heterocycles. The number of unbranched alkanes of at least 4 members (excludes halogenated alkanes) is 4. The third kappa shape index (κ3) is 12.1. The molecule has 0 aliphatic rings. The molecule has 1 aromatic rings. The Bertz CT molecular complexity index is 856. The summed E-state index contributed by atoms with van der Waals surface area (Å²) in [5.74, 6) is -0.173. The number of hydrogen-bond donors (Lipinski definition) is 3. The first-order valence-corrected chi connectivity index (χ1v) is 14.7. The van der Waals surface area contributed by atoms with Crippen molar-refractivity contribution in [1.29, 1.82) is 0 Å². The van der Waals surface area contributed by atoms with Crippen molar-refractivity contribution in [1.82, 2.24) is 15.5 Å². The average Bonchev–Trinajstić information content (AvgIpc) is 2.79. The highest BCUT2D eigenvalue weighted by Gasteiger charge is 2.37. The Kier molecular flexibility index (Phi) is 14.5. The molecule has 0 radical (unpaired) electrons. The fourth-order valence-electron chi connectivity index (χ4n) is 3.93. The van der Waals surface area contributed by atoms with Crippen LogP contribution >= 0.6 is 11.8 Å². The Hall–Kier alpha value is -2.42. The van der Waals surface area contributed by atoms with Crippen molar-refractivity contribution in [2.75, 3.05) is 18.6 Å². The molecule has 8 nitrogen and oxygen atoms in total. The number of carbonyl (C=O) groups is 3. The van der Waals surface area contributed by atoms with Gasteiger partial charge in [-0.2, -0.15) is 11.8 Å². The molecule has 1 aromatic carbocycles. The van der Waals surface area contributed by atoms with Crippen LogP contribution in [0.3, 0.4) is 0 Å². The lowest BCUT2D eigenvalue weighted by Crippen LogP contribution is -2.54. The molecular weight excluding hydrogens is 490 g/mol. The van der Waals surface area contributed by atoms with Crippen LogP contribution in [-0.2, 0) is 14.3 Å². The minimum Gasteiger partial charge on any atom is -0.508 e. The number of phenolic OH excluding ortho intramolecular Hbond substituents is 1. The topological polar surface area (TPSA) is 108 Å². The van der Waals surface area contributed by atoms with Crippen LogP contribution in [0.4, 0.5) is 4.79 Å². The number of ether oxygens (including phenoxy) is 1. The van der Waals surface area contributed by atoms with Gasteiger partial charge in [0.15, 0.2) is 0 Å². The molecule has 0 aliphatic carbocycles. The zero-order valence-corrected chi connectivity index (χ0v) is 24.5. The van der Waals surface area contributed by atoms with E-state index in [2.05, 4.69) is 17.6 Å². The number of phenols is 1. The molecule has 9 heteroatoms. The van der Waals surface area contributed by atoms with Crippen LogP contribution in [0.15, 0.2) is 24.3 Å². The highest BCUT2D eigenvalue weighted by molar-refractivity contribution is 7.98. The Labute approximate surface area is 227 Å². The summed E-state index contributed by atoms with van der Waals surface area (Å²) in [7, 11) is 0. The lowest BCUT2D eigenvalue weighted by Gasteiger charge is -2.35. The van der Waals surface area contributed by atoms with Crippen molar-refractivity contribution in [2.45, 2.75) is 104 Å². The number of nitrogens with zero attached hydrogens (tertiary/aromatic N) is 1. The number of thioether (sulfide) groups is 1. The predicted molar refractivity (Wildman–Crippen MR) is 151 cm³/mol. The summed E-state index contributed by atoms with van der Waals surface area (Å²) < 4.78 is 5.42. The maximum Gasteiger partial charge on any atom is 0.408 e. The van der Waals surface area contributed by atoms with E-state index in [0.29, 0.717) is 30.7 Å². The van der Waals surface area contributed by atoms with E-state index in [1.807, 2.05) is 20.1 Å². The molecule has 0 spiro atoms. The van der Waals surface area contributed by atoms with E-state index < -0.39 is 23.8 Å². The number of nitrogens with one attached hydrogen (secondary N) is 2. The van der Waals surface area contributed by atoms with Crippen molar-refractivity contribution < 1.29 is 24.2 Å². The van der Waals surface area contributed by atoms with Crippen LogP contribution < -0.4 is 10.6 Å². The van der Waals surface area contributed by atoms with Gasteiger partial charge in [-0.05, 0) is 65.5 Å². The summed E-state index contributed by atoms with van der Waals surface area (Å²) >= 11 is 1.57. The van der Waals surface area contributed by atoms with Crippen LogP contribution in [0.25, 0.3) is 0 Å². The van der Waals surface area contributed by atoms with E-state index in [1.165, 1.54) is 11.0 Å². The van der Waals surface area contributed by atoms with Gasteiger partial charge in [0, 0.05) is 18.2 Å². The largest absolute Gasteiger partial charge is 0.508 e. The second-order valence-electron chi connectivity index (χ2n) is 10.6. The minimum absolute atomic E-state index is 0.0593. The van der Waals surface area contributed by atoms with Crippen molar-refractivity contribution in [3.63, 3.8) is 0 Å². The van der Waals surface area contributed by atoms with Gasteiger partial charge in [-0.15, -0.1) is 0 Å². The number of aromatic hydroxyl groups is 1. The maximum atomic E-state index is 14.1. The standard InChI is InChI=1S/C28H47N3O5S/c1-8-9-10-11-14-18-31(24(25(33)29-20(2)3)21-15-12-13-16-23(21)32)26(34)22(17-19-37-7)30-27(35)36-28(4,5)6/h12-13,15-16,20,22,24,32H,8-11,14,17-19H2,1-7H3,(H,29,33)(H,30,35). The van der Waals surface area contributed by atoms with E-state index in [4.69, 9.17) is 4.74 Å². The third-order valence-electron chi connectivity index (χ3n) is 5.61. The minimum atomic E-state index is -1.04. The van der Waals surface area contributed by atoms with Crippen LogP contribution in [0, 0.1) is 0 Å². The molecule has 37 heavy (non-hydrogen) atoms. The quantitative estimate of drug-likeness (QED) is 0.259. The van der Waals surface area contributed by atoms with Crippen molar-refractivity contribution in [3.8, 4) is 5.75 Å². The normalized spacial score (nSPS) is 13.1. The lowest BCUT2D eigenvalue weighted by molar-refractivity contribution is -0.142. The first kappa shape index (κ1) is 32.6. The van der Waals surface area contributed by atoms with Gasteiger partial charge in [-0.25, -0.2) is 4.79 Å². The molecule has 1 rings (SSSR count). The van der Waals surface area contributed by atoms with E-state index >= 15 is 0 Å². The summed E-state index contributed by atoms with van der Waals surface area (Å²) in [5, 5.41) is 16.3. The molecule has 0 fully saturated rings. The van der Waals surface area contributed by atoms with Gasteiger partial charge in [0.2, 0.25) is 11.8 Å². The summed E-state index contributed by atoms with van der Waals surface area (Å²) in [6, 6.07) is 4.51. The summed E-state index contributed by atoms with van der Waals surface area (Å²) in [5.41, 5.74) is -0.366. The molecule has 0 heterocycles. The summed E-state index contributed by atoms with van der Waals surface area (Å²) in [6.45, 7) is 11.4. The first-order chi connectivity index (χ1) is 17.4. The maximum absolute atomic E-state index is 14.1. The van der Waals surface area contributed by atoms with Crippen molar-refractivity contribution in [3.05, 3.63) is 29.8 Å². The summed E-state index contributed by atoms with van der Waals surface area (Å²) in [6.07, 6.45) is 6.47. The molecule has 0 saturated carbocycles. The molecule has 2 unspecified atom stereocenters. The van der Waals surface area contributed by atoms with E-state index in [0.717, 1.165) is 25.7 Å². The van der Waals surface area contributed by atoms with Gasteiger partial charge < -0.3 is 25.4 Å². The van der Waals surface area contributed by atoms with Gasteiger partial charge in [-0.3, -0.25) is 9.59 Å². The number of alkyl carbamates (subject to hydrolysis) is 1. The van der Waals surface area contributed by atoms with Gasteiger partial charge in [0.05, 0.1) is 0 Å². The zero-order chi connectivity index (χ0) is 28.0. The molecule has 2 atom stereocenters. The monoisotopic (exact) mass is 537 g/mol. The van der Waals surface area contributed by atoms with Crippen molar-refractivity contribution >= 4 is 29.7 Å². The second kappa shape index (κ2) is 16.4. The van der Waals surface area contributed by atoms with Crippen LogP contribution in [-0.4, -0.2) is 64.2 Å². The Morgan fingerprint density at radius 1 is 1.05 bits per heavy atom. The number of carbonyl (C=O) groups excluding carboxylic acids is 3. The fraction of sp³-hybridized carbons (Fsp3) is 0.679. The second-order valence-corrected chi connectivity index (χ2v) is 11.5. The van der Waals surface area contributed by atoms with Crippen LogP contribution in [0.5, 0.6) is 5.75 Å². The third-order valence-corrected chi connectivity index (χ3v) is 6.25. The van der Waals surface area contributed by atoms with Crippen LogP contribution in [0.2, 0.25) is 0 Å².